The first kappa shape index (κ1) is 18.0. The molecule has 27 heavy (non-hydrogen) atoms. The first-order valence-electron chi connectivity index (χ1n) is 8.56. The number of urea groups is 1. The lowest BCUT2D eigenvalue weighted by atomic mass is 10.2. The predicted octanol–water partition coefficient (Wildman–Crippen LogP) is 1.67. The van der Waals surface area contributed by atoms with Crippen LogP contribution in [0.5, 0.6) is 0 Å². The van der Waals surface area contributed by atoms with E-state index in [1.54, 1.807) is 35.5 Å². The molecule has 1 aromatic heterocycles. The third kappa shape index (κ3) is 3.44. The highest BCUT2D eigenvalue weighted by Crippen LogP contribution is 2.33. The van der Waals surface area contributed by atoms with E-state index in [0.717, 1.165) is 0 Å². The first-order chi connectivity index (χ1) is 13.0. The molecule has 3 heterocycles. The van der Waals surface area contributed by atoms with Gasteiger partial charge in [0.2, 0.25) is 5.95 Å². The summed E-state index contributed by atoms with van der Waals surface area (Å²) in [5, 5.41) is 0.336. The van der Waals surface area contributed by atoms with Gasteiger partial charge in [0.25, 0.3) is 0 Å². The maximum Gasteiger partial charge on any atom is 0.324 e. The molecule has 0 spiro atoms. The number of anilines is 2. The van der Waals surface area contributed by atoms with E-state index in [1.807, 2.05) is 4.90 Å². The summed E-state index contributed by atoms with van der Waals surface area (Å²) in [5.74, 6) is 0.540. The Morgan fingerprint density at radius 1 is 1.04 bits per heavy atom. The van der Waals surface area contributed by atoms with Crippen LogP contribution in [0.1, 0.15) is 0 Å². The normalized spacial score (nSPS) is 18.9. The number of rotatable bonds is 1. The third-order valence-electron chi connectivity index (χ3n) is 4.75. The minimum absolute atomic E-state index is 0.107. The number of carbonyl (C=O) groups is 1. The van der Waals surface area contributed by atoms with E-state index in [1.165, 1.54) is 11.0 Å². The van der Waals surface area contributed by atoms with E-state index in [2.05, 4.69) is 9.97 Å². The molecule has 2 aliphatic heterocycles. The number of sulfone groups is 1. The molecule has 2 aliphatic rings. The van der Waals surface area contributed by atoms with Gasteiger partial charge in [-0.15, -0.1) is 0 Å². The molecule has 0 saturated carbocycles. The maximum absolute atomic E-state index is 13.0. The van der Waals surface area contributed by atoms with Crippen LogP contribution in [0.25, 0.3) is 0 Å². The van der Waals surface area contributed by atoms with Crippen molar-refractivity contribution < 1.29 is 13.2 Å². The largest absolute Gasteiger partial charge is 0.337 e. The highest BCUT2D eigenvalue weighted by molar-refractivity contribution is 7.91. The molecule has 0 unspecified atom stereocenters. The molecule has 2 aromatic rings. The molecule has 142 valence electrons. The van der Waals surface area contributed by atoms with Crippen molar-refractivity contribution in [1.82, 2.24) is 14.9 Å². The SMILES string of the molecule is O=C(N1CCN(c2ncccn2)CC1)N1CCS(=O)(=O)c2cc(Cl)ccc21. The number of carbonyl (C=O) groups excluding carboxylic acids is 1. The number of piperazine rings is 1. The van der Waals surface area contributed by atoms with Crippen molar-refractivity contribution in [3.05, 3.63) is 41.7 Å². The Hall–Kier alpha value is -2.39. The van der Waals surface area contributed by atoms with Gasteiger partial charge in [0.15, 0.2) is 9.84 Å². The minimum Gasteiger partial charge on any atom is -0.337 e. The molecule has 0 N–H and O–H groups in total. The van der Waals surface area contributed by atoms with Crippen LogP contribution in [-0.2, 0) is 9.84 Å². The van der Waals surface area contributed by atoms with E-state index in [0.29, 0.717) is 42.8 Å². The number of aromatic nitrogens is 2. The second-order valence-corrected chi connectivity index (χ2v) is 8.90. The number of fused-ring (bicyclic) bond motifs is 1. The smallest absolute Gasteiger partial charge is 0.324 e. The summed E-state index contributed by atoms with van der Waals surface area (Å²) in [7, 11) is -3.43. The lowest BCUT2D eigenvalue weighted by molar-refractivity contribution is 0.201. The molecule has 2 amide bonds. The molecule has 0 atom stereocenters. The Kier molecular flexibility index (Phi) is 4.65. The van der Waals surface area contributed by atoms with Crippen molar-refractivity contribution in [2.75, 3.05) is 48.3 Å². The number of hydrogen-bond donors (Lipinski definition) is 0. The van der Waals surface area contributed by atoms with Gasteiger partial charge in [-0.05, 0) is 24.3 Å². The molecule has 4 rings (SSSR count). The molecular weight excluding hydrogens is 390 g/mol. The molecule has 0 aliphatic carbocycles. The van der Waals surface area contributed by atoms with Crippen LogP contribution in [0.2, 0.25) is 5.02 Å². The fourth-order valence-electron chi connectivity index (χ4n) is 3.32. The number of halogens is 1. The molecule has 1 saturated heterocycles. The van der Waals surface area contributed by atoms with Crippen LogP contribution in [0, 0.1) is 0 Å². The number of amides is 2. The quantitative estimate of drug-likeness (QED) is 0.714. The fraction of sp³-hybridized carbons (Fsp3) is 0.353. The van der Waals surface area contributed by atoms with Gasteiger partial charge in [0.1, 0.15) is 0 Å². The van der Waals surface area contributed by atoms with Crippen molar-refractivity contribution in [3.63, 3.8) is 0 Å². The fourth-order valence-corrected chi connectivity index (χ4v) is 5.01. The van der Waals surface area contributed by atoms with Crippen LogP contribution in [-0.4, -0.2) is 67.8 Å². The van der Waals surface area contributed by atoms with Crippen molar-refractivity contribution >= 4 is 39.1 Å². The van der Waals surface area contributed by atoms with E-state index in [-0.39, 0.29) is 23.2 Å². The zero-order chi connectivity index (χ0) is 19.0. The molecular formula is C17H18ClN5O3S. The second-order valence-electron chi connectivity index (χ2n) is 6.39. The van der Waals surface area contributed by atoms with Gasteiger partial charge in [-0.2, -0.15) is 0 Å². The minimum atomic E-state index is -3.43. The summed E-state index contributed by atoms with van der Waals surface area (Å²) in [4.78, 5) is 26.9. The predicted molar refractivity (Wildman–Crippen MR) is 102 cm³/mol. The highest BCUT2D eigenvalue weighted by Gasteiger charge is 2.35. The van der Waals surface area contributed by atoms with Crippen molar-refractivity contribution in [3.8, 4) is 0 Å². The maximum atomic E-state index is 13.0. The van der Waals surface area contributed by atoms with Gasteiger partial charge >= 0.3 is 6.03 Å². The average molecular weight is 408 g/mol. The summed E-state index contributed by atoms with van der Waals surface area (Å²) in [5.41, 5.74) is 0.393. The Morgan fingerprint density at radius 3 is 2.44 bits per heavy atom. The lowest BCUT2D eigenvalue weighted by Crippen LogP contribution is -2.54. The molecule has 1 fully saturated rings. The van der Waals surface area contributed by atoms with Crippen molar-refractivity contribution in [2.24, 2.45) is 0 Å². The molecule has 1 aromatic carbocycles. The van der Waals surface area contributed by atoms with Crippen LogP contribution >= 0.6 is 11.6 Å². The number of hydrogen-bond acceptors (Lipinski definition) is 6. The summed E-state index contributed by atoms with van der Waals surface area (Å²) in [6.07, 6.45) is 3.38. The molecule has 10 heteroatoms. The Labute approximate surface area is 162 Å². The van der Waals surface area contributed by atoms with Crippen molar-refractivity contribution in [2.45, 2.75) is 4.90 Å². The van der Waals surface area contributed by atoms with Crippen LogP contribution < -0.4 is 9.80 Å². The number of benzene rings is 1. The van der Waals surface area contributed by atoms with E-state index in [9.17, 15) is 13.2 Å². The van der Waals surface area contributed by atoms with Crippen LogP contribution in [0.15, 0.2) is 41.6 Å². The van der Waals surface area contributed by atoms with Crippen LogP contribution in [0.3, 0.4) is 0 Å². The summed E-state index contributed by atoms with van der Waals surface area (Å²) in [6, 6.07) is 6.18. The summed E-state index contributed by atoms with van der Waals surface area (Å²) in [6.45, 7) is 2.41. The Balaban J connectivity index is 1.51. The zero-order valence-corrected chi connectivity index (χ0v) is 16.0. The molecule has 0 bridgehead atoms. The summed E-state index contributed by atoms with van der Waals surface area (Å²) >= 11 is 5.96. The third-order valence-corrected chi connectivity index (χ3v) is 6.70. The van der Waals surface area contributed by atoms with Gasteiger partial charge in [-0.1, -0.05) is 11.6 Å². The van der Waals surface area contributed by atoms with Gasteiger partial charge in [-0.25, -0.2) is 23.2 Å². The monoisotopic (exact) mass is 407 g/mol. The lowest BCUT2D eigenvalue weighted by Gasteiger charge is -2.38. The topological polar surface area (TPSA) is 86.7 Å². The number of nitrogens with zero attached hydrogens (tertiary/aromatic N) is 5. The van der Waals surface area contributed by atoms with E-state index >= 15 is 0 Å². The standard InChI is InChI=1S/C17H18ClN5O3S/c18-13-2-3-14-15(12-13)27(25,26)11-10-23(14)17(24)22-8-6-21(7-9-22)16-19-4-1-5-20-16/h1-5,12H,6-11H2. The van der Waals surface area contributed by atoms with E-state index < -0.39 is 9.84 Å². The highest BCUT2D eigenvalue weighted by atomic mass is 35.5. The van der Waals surface area contributed by atoms with Crippen molar-refractivity contribution in [1.29, 1.82) is 0 Å². The van der Waals surface area contributed by atoms with E-state index in [4.69, 9.17) is 11.6 Å². The Morgan fingerprint density at radius 2 is 1.74 bits per heavy atom. The Bertz CT molecular complexity index is 962. The van der Waals surface area contributed by atoms with Gasteiger partial charge < -0.3 is 9.80 Å². The van der Waals surface area contributed by atoms with Gasteiger partial charge in [0, 0.05) is 50.1 Å². The van der Waals surface area contributed by atoms with Gasteiger partial charge in [0.05, 0.1) is 16.3 Å². The second kappa shape index (κ2) is 6.97. The summed E-state index contributed by atoms with van der Waals surface area (Å²) < 4.78 is 24.7. The van der Waals surface area contributed by atoms with Gasteiger partial charge in [-0.3, -0.25) is 4.90 Å². The average Bonchev–Trinajstić information content (AvgIpc) is 2.69. The molecule has 0 radical (unpaired) electrons. The molecule has 8 nitrogen and oxygen atoms in total. The zero-order valence-electron chi connectivity index (χ0n) is 14.5. The first-order valence-corrected chi connectivity index (χ1v) is 10.6. The van der Waals surface area contributed by atoms with Crippen LogP contribution in [0.4, 0.5) is 16.4 Å².